The zero-order chi connectivity index (χ0) is 13.3. The monoisotopic (exact) mass is 316 g/mol. The molecule has 0 amide bonds. The third-order valence-electron chi connectivity index (χ3n) is 3.43. The molecule has 110 valence electrons. The van der Waals surface area contributed by atoms with Gasteiger partial charge < -0.3 is 10.3 Å². The van der Waals surface area contributed by atoms with Crippen molar-refractivity contribution in [1.82, 2.24) is 20.0 Å². The van der Waals surface area contributed by atoms with Crippen molar-refractivity contribution in [3.8, 4) is 0 Å². The van der Waals surface area contributed by atoms with E-state index in [9.17, 15) is 8.42 Å². The molecule has 0 saturated carbocycles. The molecule has 0 aliphatic carbocycles. The van der Waals surface area contributed by atoms with Crippen LogP contribution in [0.25, 0.3) is 11.0 Å². The summed E-state index contributed by atoms with van der Waals surface area (Å²) < 4.78 is 27.2. The van der Waals surface area contributed by atoms with E-state index >= 15 is 0 Å². The third-order valence-corrected chi connectivity index (χ3v) is 4.89. The summed E-state index contributed by atoms with van der Waals surface area (Å²) in [6.45, 7) is 2.31. The molecule has 1 aliphatic heterocycles. The molecule has 1 aliphatic rings. The van der Waals surface area contributed by atoms with E-state index in [-0.39, 0.29) is 17.3 Å². The summed E-state index contributed by atoms with van der Waals surface area (Å²) in [7, 11) is -3.48. The van der Waals surface area contributed by atoms with Crippen molar-refractivity contribution >= 4 is 33.5 Å². The summed E-state index contributed by atoms with van der Waals surface area (Å²) in [6.07, 6.45) is 4.14. The Labute approximate surface area is 123 Å². The number of H-pyrrole nitrogens is 1. The number of pyridine rings is 1. The van der Waals surface area contributed by atoms with Gasteiger partial charge in [0, 0.05) is 24.3 Å². The molecular formula is C12H17ClN4O2S. The van der Waals surface area contributed by atoms with Gasteiger partial charge in [0.25, 0.3) is 0 Å². The number of hydrogen-bond donors (Lipinski definition) is 3. The molecular weight excluding hydrogens is 300 g/mol. The quantitative estimate of drug-likeness (QED) is 0.781. The molecule has 3 heterocycles. The topological polar surface area (TPSA) is 86.9 Å². The van der Waals surface area contributed by atoms with Crippen LogP contribution in [-0.2, 0) is 10.0 Å². The SMILES string of the molecule is Cl.O=S(=O)(NCC1CCNC1)c1c[nH]c2ncccc12. The Bertz CT molecular complexity index is 680. The average molecular weight is 317 g/mol. The predicted molar refractivity (Wildman–Crippen MR) is 79.5 cm³/mol. The van der Waals surface area contributed by atoms with Crippen LogP contribution >= 0.6 is 12.4 Å². The van der Waals surface area contributed by atoms with Gasteiger partial charge in [-0.2, -0.15) is 0 Å². The van der Waals surface area contributed by atoms with Gasteiger partial charge in [-0.1, -0.05) is 0 Å². The van der Waals surface area contributed by atoms with Gasteiger partial charge in [0.2, 0.25) is 10.0 Å². The van der Waals surface area contributed by atoms with Crippen molar-refractivity contribution in [3.05, 3.63) is 24.5 Å². The van der Waals surface area contributed by atoms with E-state index in [1.54, 1.807) is 18.3 Å². The number of nitrogens with one attached hydrogen (secondary N) is 3. The lowest BCUT2D eigenvalue weighted by Gasteiger charge is -2.10. The van der Waals surface area contributed by atoms with Crippen molar-refractivity contribution in [2.75, 3.05) is 19.6 Å². The van der Waals surface area contributed by atoms with Crippen LogP contribution in [0.1, 0.15) is 6.42 Å². The Balaban J connectivity index is 0.00000147. The maximum Gasteiger partial charge on any atom is 0.242 e. The molecule has 0 radical (unpaired) electrons. The number of fused-ring (bicyclic) bond motifs is 1. The molecule has 0 spiro atoms. The van der Waals surface area contributed by atoms with E-state index in [0.29, 0.717) is 23.5 Å². The second kappa shape index (κ2) is 6.09. The van der Waals surface area contributed by atoms with Crippen molar-refractivity contribution < 1.29 is 8.42 Å². The first-order valence-electron chi connectivity index (χ1n) is 6.29. The highest BCUT2D eigenvalue weighted by Gasteiger charge is 2.22. The van der Waals surface area contributed by atoms with Crippen molar-refractivity contribution in [2.24, 2.45) is 5.92 Å². The van der Waals surface area contributed by atoms with Gasteiger partial charge in [0.1, 0.15) is 10.5 Å². The molecule has 1 unspecified atom stereocenters. The lowest BCUT2D eigenvalue weighted by molar-refractivity contribution is 0.539. The highest BCUT2D eigenvalue weighted by molar-refractivity contribution is 7.89. The standard InChI is InChI=1S/C12H16N4O2S.ClH/c17-19(18,16-7-9-3-5-13-6-9)11-8-15-12-10(11)2-1-4-14-12;/h1-2,4,8-9,13,16H,3,5-7H2,(H,14,15);1H. The van der Waals surface area contributed by atoms with E-state index in [0.717, 1.165) is 19.5 Å². The minimum atomic E-state index is -3.48. The van der Waals surface area contributed by atoms with Gasteiger partial charge in [-0.25, -0.2) is 18.1 Å². The molecule has 0 bridgehead atoms. The summed E-state index contributed by atoms with van der Waals surface area (Å²) in [5, 5.41) is 3.85. The Kier molecular flexibility index (Phi) is 4.64. The van der Waals surface area contributed by atoms with Crippen molar-refractivity contribution in [1.29, 1.82) is 0 Å². The second-order valence-electron chi connectivity index (χ2n) is 4.76. The molecule has 3 N–H and O–H groups in total. The Morgan fingerprint density at radius 3 is 3.05 bits per heavy atom. The normalized spacial score (nSPS) is 19.1. The summed E-state index contributed by atoms with van der Waals surface area (Å²) in [5.41, 5.74) is 0.588. The molecule has 0 aromatic carbocycles. The maximum absolute atomic E-state index is 12.3. The number of aromatic nitrogens is 2. The number of halogens is 1. The van der Waals surface area contributed by atoms with Gasteiger partial charge in [-0.15, -0.1) is 12.4 Å². The zero-order valence-electron chi connectivity index (χ0n) is 10.8. The number of sulfonamides is 1. The molecule has 2 aromatic heterocycles. The van der Waals surface area contributed by atoms with Crippen LogP contribution in [0.5, 0.6) is 0 Å². The summed E-state index contributed by atoms with van der Waals surface area (Å²) >= 11 is 0. The minimum absolute atomic E-state index is 0. The van der Waals surface area contributed by atoms with Gasteiger partial charge in [-0.3, -0.25) is 0 Å². The van der Waals surface area contributed by atoms with Crippen LogP contribution in [0, 0.1) is 5.92 Å². The van der Waals surface area contributed by atoms with Crippen LogP contribution in [0.2, 0.25) is 0 Å². The highest BCUT2D eigenvalue weighted by atomic mass is 35.5. The first-order chi connectivity index (χ1) is 9.17. The number of rotatable bonds is 4. The maximum atomic E-state index is 12.3. The number of hydrogen-bond acceptors (Lipinski definition) is 4. The van der Waals surface area contributed by atoms with Crippen molar-refractivity contribution in [2.45, 2.75) is 11.3 Å². The second-order valence-corrected chi connectivity index (χ2v) is 6.50. The van der Waals surface area contributed by atoms with Crippen LogP contribution < -0.4 is 10.0 Å². The highest BCUT2D eigenvalue weighted by Crippen LogP contribution is 2.20. The number of nitrogens with zero attached hydrogens (tertiary/aromatic N) is 1. The van der Waals surface area contributed by atoms with Gasteiger partial charge in [0.15, 0.2) is 0 Å². The predicted octanol–water partition coefficient (Wildman–Crippen LogP) is 0.872. The molecule has 2 aromatic rings. The van der Waals surface area contributed by atoms with Crippen LogP contribution in [0.15, 0.2) is 29.4 Å². The van der Waals surface area contributed by atoms with Gasteiger partial charge in [0.05, 0.1) is 0 Å². The van der Waals surface area contributed by atoms with Crippen LogP contribution in [0.3, 0.4) is 0 Å². The summed E-state index contributed by atoms with van der Waals surface area (Å²) in [4.78, 5) is 7.24. The van der Waals surface area contributed by atoms with Gasteiger partial charge in [-0.05, 0) is 37.6 Å². The van der Waals surface area contributed by atoms with E-state index in [1.807, 2.05) is 0 Å². The first kappa shape index (κ1) is 15.2. The third kappa shape index (κ3) is 2.95. The lowest BCUT2D eigenvalue weighted by atomic mass is 10.1. The Hall–Kier alpha value is -1.15. The minimum Gasteiger partial charge on any atom is -0.345 e. The van der Waals surface area contributed by atoms with Crippen LogP contribution in [-0.4, -0.2) is 38.0 Å². The molecule has 20 heavy (non-hydrogen) atoms. The first-order valence-corrected chi connectivity index (χ1v) is 7.77. The molecule has 1 atom stereocenters. The summed E-state index contributed by atoms with van der Waals surface area (Å²) in [6, 6.07) is 3.49. The van der Waals surface area contributed by atoms with Gasteiger partial charge >= 0.3 is 0 Å². The Morgan fingerprint density at radius 2 is 2.30 bits per heavy atom. The molecule has 6 nitrogen and oxygen atoms in total. The molecule has 3 rings (SSSR count). The van der Waals surface area contributed by atoms with Crippen LogP contribution in [0.4, 0.5) is 0 Å². The Morgan fingerprint density at radius 1 is 1.45 bits per heavy atom. The molecule has 1 fully saturated rings. The fraction of sp³-hybridized carbons (Fsp3) is 0.417. The average Bonchev–Trinajstić information content (AvgIpc) is 3.06. The van der Waals surface area contributed by atoms with E-state index in [4.69, 9.17) is 0 Å². The largest absolute Gasteiger partial charge is 0.345 e. The molecule has 8 heteroatoms. The zero-order valence-corrected chi connectivity index (χ0v) is 12.4. The smallest absolute Gasteiger partial charge is 0.242 e. The van der Waals surface area contributed by atoms with E-state index in [2.05, 4.69) is 20.0 Å². The summed E-state index contributed by atoms with van der Waals surface area (Å²) in [5.74, 6) is 0.373. The van der Waals surface area contributed by atoms with E-state index < -0.39 is 10.0 Å². The number of aromatic amines is 1. The molecule has 1 saturated heterocycles. The van der Waals surface area contributed by atoms with E-state index in [1.165, 1.54) is 6.20 Å². The lowest BCUT2D eigenvalue weighted by Crippen LogP contribution is -2.30. The fourth-order valence-corrected chi connectivity index (χ4v) is 3.63. The fourth-order valence-electron chi connectivity index (χ4n) is 2.35. The van der Waals surface area contributed by atoms with Crippen molar-refractivity contribution in [3.63, 3.8) is 0 Å².